The molecule has 0 unspecified atom stereocenters. The molecular weight excluding hydrogens is 300 g/mol. The summed E-state index contributed by atoms with van der Waals surface area (Å²) in [5.74, 6) is 0.812. The van der Waals surface area contributed by atoms with Crippen LogP contribution in [0.1, 0.15) is 30.5 Å². The number of amides is 2. The number of para-hydroxylation sites is 1. The first-order valence-electron chi connectivity index (χ1n) is 8.49. The standard InChI is InChI=1S/C20H26N2O2/c1-4-16-7-6-8-17(5-2)19(16)22-20(23)21-13-14-24-18-11-9-15(3)10-12-18/h6-12H,4-5,13-14H2,1-3H3,(H2,21,22,23). The Morgan fingerprint density at radius 2 is 1.62 bits per heavy atom. The summed E-state index contributed by atoms with van der Waals surface area (Å²) in [5.41, 5.74) is 4.43. The lowest BCUT2D eigenvalue weighted by Gasteiger charge is -2.15. The lowest BCUT2D eigenvalue weighted by Crippen LogP contribution is -2.32. The Labute approximate surface area is 144 Å². The molecule has 0 heterocycles. The maximum atomic E-state index is 12.1. The van der Waals surface area contributed by atoms with Gasteiger partial charge in [-0.15, -0.1) is 0 Å². The summed E-state index contributed by atoms with van der Waals surface area (Å²) in [6.07, 6.45) is 1.78. The van der Waals surface area contributed by atoms with Crippen molar-refractivity contribution in [2.24, 2.45) is 0 Å². The van der Waals surface area contributed by atoms with Crippen LogP contribution in [0.4, 0.5) is 10.5 Å². The van der Waals surface area contributed by atoms with Gasteiger partial charge in [-0.05, 0) is 43.0 Å². The predicted octanol–water partition coefficient (Wildman–Crippen LogP) is 4.32. The third-order valence-corrected chi connectivity index (χ3v) is 3.91. The summed E-state index contributed by atoms with van der Waals surface area (Å²) in [4.78, 5) is 12.1. The Morgan fingerprint density at radius 1 is 1.00 bits per heavy atom. The predicted molar refractivity (Wildman–Crippen MR) is 98.9 cm³/mol. The van der Waals surface area contributed by atoms with Crippen LogP contribution in [0.5, 0.6) is 5.75 Å². The molecule has 0 atom stereocenters. The van der Waals surface area contributed by atoms with E-state index in [-0.39, 0.29) is 6.03 Å². The first-order chi connectivity index (χ1) is 11.6. The van der Waals surface area contributed by atoms with E-state index in [0.717, 1.165) is 35.4 Å². The second-order valence-corrected chi connectivity index (χ2v) is 5.70. The van der Waals surface area contributed by atoms with Crippen LogP contribution in [-0.4, -0.2) is 19.2 Å². The van der Waals surface area contributed by atoms with Crippen LogP contribution in [0.25, 0.3) is 0 Å². The molecule has 2 rings (SSSR count). The van der Waals surface area contributed by atoms with Crippen molar-refractivity contribution in [2.45, 2.75) is 33.6 Å². The SMILES string of the molecule is CCc1cccc(CC)c1NC(=O)NCCOc1ccc(C)cc1. The van der Waals surface area contributed by atoms with E-state index in [2.05, 4.69) is 36.6 Å². The van der Waals surface area contributed by atoms with E-state index in [1.54, 1.807) is 0 Å². The lowest BCUT2D eigenvalue weighted by atomic mass is 10.0. The van der Waals surface area contributed by atoms with Gasteiger partial charge >= 0.3 is 6.03 Å². The Bertz CT molecular complexity index is 644. The van der Waals surface area contributed by atoms with Gasteiger partial charge in [0.15, 0.2) is 0 Å². The van der Waals surface area contributed by atoms with Crippen LogP contribution in [-0.2, 0) is 12.8 Å². The van der Waals surface area contributed by atoms with E-state index >= 15 is 0 Å². The summed E-state index contributed by atoms with van der Waals surface area (Å²) in [6.45, 7) is 7.11. The van der Waals surface area contributed by atoms with Gasteiger partial charge in [0, 0.05) is 5.69 Å². The first-order valence-corrected chi connectivity index (χ1v) is 8.49. The Balaban J connectivity index is 1.82. The fourth-order valence-corrected chi connectivity index (χ4v) is 2.53. The molecule has 2 aromatic carbocycles. The Kier molecular flexibility index (Phi) is 6.67. The number of aryl methyl sites for hydroxylation is 3. The molecule has 0 fully saturated rings. The van der Waals surface area contributed by atoms with Gasteiger partial charge in [-0.2, -0.15) is 0 Å². The van der Waals surface area contributed by atoms with Gasteiger partial charge in [-0.1, -0.05) is 49.7 Å². The average Bonchev–Trinajstić information content (AvgIpc) is 2.60. The monoisotopic (exact) mass is 326 g/mol. The Morgan fingerprint density at radius 3 is 2.21 bits per heavy atom. The average molecular weight is 326 g/mol. The topological polar surface area (TPSA) is 50.4 Å². The molecule has 4 heteroatoms. The van der Waals surface area contributed by atoms with E-state index in [1.807, 2.05) is 37.3 Å². The highest BCUT2D eigenvalue weighted by Gasteiger charge is 2.09. The van der Waals surface area contributed by atoms with Crippen molar-refractivity contribution in [3.05, 3.63) is 59.2 Å². The minimum atomic E-state index is -0.196. The molecule has 24 heavy (non-hydrogen) atoms. The smallest absolute Gasteiger partial charge is 0.319 e. The van der Waals surface area contributed by atoms with Gasteiger partial charge in [0.1, 0.15) is 12.4 Å². The quantitative estimate of drug-likeness (QED) is 0.745. The number of urea groups is 1. The number of rotatable bonds is 7. The summed E-state index contributed by atoms with van der Waals surface area (Å²) in [7, 11) is 0. The van der Waals surface area contributed by atoms with Crippen molar-refractivity contribution in [2.75, 3.05) is 18.5 Å². The van der Waals surface area contributed by atoms with Crippen LogP contribution in [0.15, 0.2) is 42.5 Å². The maximum Gasteiger partial charge on any atom is 0.319 e. The molecule has 0 bridgehead atoms. The number of ether oxygens (including phenoxy) is 1. The van der Waals surface area contributed by atoms with Gasteiger partial charge in [0.2, 0.25) is 0 Å². The largest absolute Gasteiger partial charge is 0.492 e. The molecule has 0 aliphatic carbocycles. The third-order valence-electron chi connectivity index (χ3n) is 3.91. The van der Waals surface area contributed by atoms with Crippen LogP contribution in [0, 0.1) is 6.92 Å². The van der Waals surface area contributed by atoms with Crippen molar-refractivity contribution in [3.63, 3.8) is 0 Å². The first kappa shape index (κ1) is 17.9. The van der Waals surface area contributed by atoms with E-state index in [0.29, 0.717) is 13.2 Å². The minimum absolute atomic E-state index is 0.196. The molecule has 0 aromatic heterocycles. The minimum Gasteiger partial charge on any atom is -0.492 e. The molecule has 128 valence electrons. The zero-order valence-corrected chi connectivity index (χ0v) is 14.7. The van der Waals surface area contributed by atoms with Crippen molar-refractivity contribution in [3.8, 4) is 5.75 Å². The van der Waals surface area contributed by atoms with Crippen molar-refractivity contribution >= 4 is 11.7 Å². The highest BCUT2D eigenvalue weighted by Crippen LogP contribution is 2.22. The molecule has 0 spiro atoms. The molecule has 0 saturated carbocycles. The van der Waals surface area contributed by atoms with Crippen LogP contribution >= 0.6 is 0 Å². The molecule has 0 saturated heterocycles. The van der Waals surface area contributed by atoms with Crippen LogP contribution < -0.4 is 15.4 Å². The van der Waals surface area contributed by atoms with Crippen molar-refractivity contribution < 1.29 is 9.53 Å². The molecule has 0 aliphatic rings. The second kappa shape index (κ2) is 8.96. The highest BCUT2D eigenvalue weighted by atomic mass is 16.5. The second-order valence-electron chi connectivity index (χ2n) is 5.70. The van der Waals surface area contributed by atoms with Gasteiger partial charge < -0.3 is 15.4 Å². The van der Waals surface area contributed by atoms with Crippen LogP contribution in [0.3, 0.4) is 0 Å². The van der Waals surface area contributed by atoms with Crippen molar-refractivity contribution in [1.29, 1.82) is 0 Å². The molecule has 2 amide bonds. The summed E-state index contributed by atoms with van der Waals surface area (Å²) >= 11 is 0. The van der Waals surface area contributed by atoms with E-state index < -0.39 is 0 Å². The molecule has 2 aromatic rings. The normalized spacial score (nSPS) is 10.3. The number of hydrogen-bond donors (Lipinski definition) is 2. The lowest BCUT2D eigenvalue weighted by molar-refractivity contribution is 0.247. The molecule has 2 N–H and O–H groups in total. The third kappa shape index (κ3) is 5.01. The summed E-state index contributed by atoms with van der Waals surface area (Å²) in [6, 6.07) is 13.8. The van der Waals surface area contributed by atoms with E-state index in [1.165, 1.54) is 5.56 Å². The molecule has 0 aliphatic heterocycles. The number of benzene rings is 2. The van der Waals surface area contributed by atoms with Gasteiger partial charge in [-0.25, -0.2) is 4.79 Å². The number of anilines is 1. The Hall–Kier alpha value is -2.49. The summed E-state index contributed by atoms with van der Waals surface area (Å²) < 4.78 is 5.61. The highest BCUT2D eigenvalue weighted by molar-refractivity contribution is 5.91. The van der Waals surface area contributed by atoms with Gasteiger partial charge in [0.25, 0.3) is 0 Å². The fraction of sp³-hybridized carbons (Fsp3) is 0.350. The van der Waals surface area contributed by atoms with Crippen LogP contribution in [0.2, 0.25) is 0 Å². The number of carbonyl (C=O) groups is 1. The molecule has 0 radical (unpaired) electrons. The zero-order valence-electron chi connectivity index (χ0n) is 14.7. The number of nitrogens with one attached hydrogen (secondary N) is 2. The fourth-order valence-electron chi connectivity index (χ4n) is 2.53. The molecule has 4 nitrogen and oxygen atoms in total. The number of hydrogen-bond acceptors (Lipinski definition) is 2. The van der Waals surface area contributed by atoms with E-state index in [4.69, 9.17) is 4.74 Å². The zero-order chi connectivity index (χ0) is 17.4. The van der Waals surface area contributed by atoms with Crippen molar-refractivity contribution in [1.82, 2.24) is 5.32 Å². The van der Waals surface area contributed by atoms with Gasteiger partial charge in [0.05, 0.1) is 6.54 Å². The van der Waals surface area contributed by atoms with Gasteiger partial charge in [-0.3, -0.25) is 0 Å². The number of carbonyl (C=O) groups excluding carboxylic acids is 1. The molecular formula is C20H26N2O2. The van der Waals surface area contributed by atoms with E-state index in [9.17, 15) is 4.79 Å². The maximum absolute atomic E-state index is 12.1. The summed E-state index contributed by atoms with van der Waals surface area (Å²) in [5, 5.41) is 5.82.